The summed E-state index contributed by atoms with van der Waals surface area (Å²) in [6, 6.07) is 9.18. The Morgan fingerprint density at radius 3 is 2.53 bits per heavy atom. The van der Waals surface area contributed by atoms with Gasteiger partial charge in [-0.2, -0.15) is 0 Å². The number of H-pyrrole nitrogens is 1. The fourth-order valence-electron chi connectivity index (χ4n) is 5.37. The van der Waals surface area contributed by atoms with E-state index in [1.165, 1.54) is 31.4 Å². The van der Waals surface area contributed by atoms with E-state index in [0.29, 0.717) is 35.5 Å². The van der Waals surface area contributed by atoms with E-state index in [4.69, 9.17) is 11.6 Å². The Labute approximate surface area is 215 Å². The zero-order chi connectivity index (χ0) is 25.1. The molecule has 0 saturated carbocycles. The number of nitrogens with one attached hydrogen (secondary N) is 2. The molecule has 0 spiro atoms. The first-order valence-corrected chi connectivity index (χ1v) is 13.1. The van der Waals surface area contributed by atoms with Crippen molar-refractivity contribution in [3.63, 3.8) is 0 Å². The zero-order valence-corrected chi connectivity index (χ0v) is 20.9. The van der Waals surface area contributed by atoms with Crippen molar-refractivity contribution in [2.24, 2.45) is 0 Å². The number of aromatic nitrogens is 2. The molecule has 36 heavy (non-hydrogen) atoms. The molecule has 3 aromatic rings. The lowest BCUT2D eigenvalue weighted by molar-refractivity contribution is -0.134. The third kappa shape index (κ3) is 5.71. The summed E-state index contributed by atoms with van der Waals surface area (Å²) >= 11 is 5.98. The van der Waals surface area contributed by atoms with Crippen LogP contribution in [0.3, 0.4) is 0 Å². The van der Waals surface area contributed by atoms with Gasteiger partial charge in [-0.05, 0) is 68.6 Å². The maximum absolute atomic E-state index is 13.6. The molecule has 0 aliphatic carbocycles. The Morgan fingerprint density at radius 2 is 1.81 bits per heavy atom. The van der Waals surface area contributed by atoms with Gasteiger partial charge in [-0.25, -0.2) is 9.37 Å². The summed E-state index contributed by atoms with van der Waals surface area (Å²) in [7, 11) is 0. The molecule has 0 radical (unpaired) electrons. The van der Waals surface area contributed by atoms with Gasteiger partial charge in [0.25, 0.3) is 5.91 Å². The van der Waals surface area contributed by atoms with Gasteiger partial charge in [0.2, 0.25) is 5.91 Å². The lowest BCUT2D eigenvalue weighted by Gasteiger charge is -2.41. The molecule has 2 aliphatic rings. The molecule has 2 N–H and O–H groups in total. The highest BCUT2D eigenvalue weighted by Crippen LogP contribution is 2.22. The molecule has 1 aromatic carbocycles. The number of halogens is 2. The minimum absolute atomic E-state index is 0.106. The second-order valence-corrected chi connectivity index (χ2v) is 10.2. The molecule has 190 valence electrons. The van der Waals surface area contributed by atoms with E-state index in [9.17, 15) is 14.0 Å². The Balaban J connectivity index is 1.30. The second kappa shape index (κ2) is 11.0. The van der Waals surface area contributed by atoms with Gasteiger partial charge in [0.1, 0.15) is 22.7 Å². The van der Waals surface area contributed by atoms with Crippen molar-refractivity contribution in [1.82, 2.24) is 25.1 Å². The van der Waals surface area contributed by atoms with E-state index in [0.717, 1.165) is 36.9 Å². The maximum Gasteiger partial charge on any atom is 0.268 e. The predicted octanol–water partition coefficient (Wildman–Crippen LogP) is 4.17. The number of likely N-dealkylation sites (tertiary alicyclic amines) is 2. The van der Waals surface area contributed by atoms with Crippen molar-refractivity contribution in [3.05, 3.63) is 64.8 Å². The first kappa shape index (κ1) is 24.7. The van der Waals surface area contributed by atoms with Crippen LogP contribution in [0.2, 0.25) is 5.15 Å². The lowest BCUT2D eigenvalue weighted by Crippen LogP contribution is -2.54. The smallest absolute Gasteiger partial charge is 0.268 e. The number of hydrogen-bond donors (Lipinski definition) is 2. The predicted molar refractivity (Wildman–Crippen MR) is 137 cm³/mol. The van der Waals surface area contributed by atoms with Gasteiger partial charge in [-0.1, -0.05) is 30.2 Å². The average Bonchev–Trinajstić information content (AvgIpc) is 3.33. The first-order chi connectivity index (χ1) is 17.5. The maximum atomic E-state index is 13.6. The number of aromatic amines is 1. The zero-order valence-electron chi connectivity index (χ0n) is 20.2. The number of rotatable bonds is 6. The summed E-state index contributed by atoms with van der Waals surface area (Å²) in [5.74, 6) is -0.827. The highest BCUT2D eigenvalue weighted by molar-refractivity contribution is 6.30. The van der Waals surface area contributed by atoms with Crippen molar-refractivity contribution in [2.75, 3.05) is 26.2 Å². The highest BCUT2D eigenvalue weighted by atomic mass is 35.5. The lowest BCUT2D eigenvalue weighted by atomic mass is 9.98. The van der Waals surface area contributed by atoms with E-state index in [1.807, 2.05) is 4.90 Å². The van der Waals surface area contributed by atoms with Gasteiger partial charge in [0.15, 0.2) is 0 Å². The van der Waals surface area contributed by atoms with Crippen LogP contribution < -0.4 is 5.32 Å². The minimum atomic E-state index is -0.761. The van der Waals surface area contributed by atoms with Gasteiger partial charge in [-0.3, -0.25) is 9.59 Å². The summed E-state index contributed by atoms with van der Waals surface area (Å²) in [6.07, 6.45) is 7.55. The normalized spacial score (nSPS) is 18.3. The van der Waals surface area contributed by atoms with Crippen LogP contribution in [-0.4, -0.2) is 69.8 Å². The molecule has 4 heterocycles. The number of carbonyl (C=O) groups is 2. The Kier molecular flexibility index (Phi) is 7.53. The molecule has 0 unspecified atom stereocenters. The molecule has 5 rings (SSSR count). The monoisotopic (exact) mass is 511 g/mol. The summed E-state index contributed by atoms with van der Waals surface area (Å²) in [4.78, 5) is 38.3. The van der Waals surface area contributed by atoms with E-state index in [-0.39, 0.29) is 24.1 Å². The van der Waals surface area contributed by atoms with Crippen LogP contribution in [0.4, 0.5) is 4.39 Å². The second-order valence-electron chi connectivity index (χ2n) is 9.79. The molecule has 1 atom stereocenters. The molecule has 9 heteroatoms. The molecule has 0 bridgehead atoms. The number of carbonyl (C=O) groups excluding carboxylic acids is 2. The van der Waals surface area contributed by atoms with Gasteiger partial charge in [0, 0.05) is 30.9 Å². The molecular formula is C27H31ClFN5O2. The van der Waals surface area contributed by atoms with Gasteiger partial charge < -0.3 is 20.1 Å². The van der Waals surface area contributed by atoms with Crippen LogP contribution in [0.1, 0.15) is 48.2 Å². The molecule has 2 amide bonds. The van der Waals surface area contributed by atoms with Crippen molar-refractivity contribution >= 4 is 34.3 Å². The van der Waals surface area contributed by atoms with Crippen LogP contribution in [0, 0.1) is 5.82 Å². The van der Waals surface area contributed by atoms with Crippen LogP contribution in [-0.2, 0) is 11.2 Å². The minimum Gasteiger partial charge on any atom is -0.349 e. The molecule has 2 fully saturated rings. The van der Waals surface area contributed by atoms with Gasteiger partial charge in [0.05, 0.1) is 11.7 Å². The number of nitrogens with zero attached hydrogens (tertiary/aromatic N) is 3. The highest BCUT2D eigenvalue weighted by Gasteiger charge is 2.32. The number of benzene rings is 1. The summed E-state index contributed by atoms with van der Waals surface area (Å²) in [5, 5.41) is 4.03. The number of pyridine rings is 1. The quantitative estimate of drug-likeness (QED) is 0.487. The van der Waals surface area contributed by atoms with Crippen LogP contribution in [0.5, 0.6) is 0 Å². The van der Waals surface area contributed by atoms with Gasteiger partial charge >= 0.3 is 0 Å². The molecular weight excluding hydrogens is 481 g/mol. The van der Waals surface area contributed by atoms with Crippen molar-refractivity contribution < 1.29 is 14.0 Å². The molecule has 2 aliphatic heterocycles. The SMILES string of the molecule is O=C(N[C@@H](Cc1ccc(F)cc1)C(=O)N1CCC(N2CCCCC2)CC1)c1cc2cc(Cl)ncc2[nH]1. The van der Waals surface area contributed by atoms with Crippen molar-refractivity contribution in [2.45, 2.75) is 50.6 Å². The van der Waals surface area contributed by atoms with E-state index in [1.54, 1.807) is 30.5 Å². The summed E-state index contributed by atoms with van der Waals surface area (Å²) in [5.41, 5.74) is 1.80. The van der Waals surface area contributed by atoms with E-state index in [2.05, 4.69) is 20.2 Å². The molecule has 2 saturated heterocycles. The standard InChI is InChI=1S/C27H31ClFN5O2/c28-25-16-19-15-22(31-24(19)17-30-25)26(35)32-23(14-18-4-6-20(29)7-5-18)27(36)34-12-8-21(9-13-34)33-10-2-1-3-11-33/h4-7,15-17,21,23,31H,1-3,8-14H2,(H,32,35)/t23-/m0/s1. The largest absolute Gasteiger partial charge is 0.349 e. The Hall–Kier alpha value is -2.97. The number of amides is 2. The first-order valence-electron chi connectivity index (χ1n) is 12.7. The summed E-state index contributed by atoms with van der Waals surface area (Å²) < 4.78 is 13.5. The van der Waals surface area contributed by atoms with Crippen LogP contribution in [0.25, 0.3) is 10.9 Å². The van der Waals surface area contributed by atoms with Crippen molar-refractivity contribution in [3.8, 4) is 0 Å². The summed E-state index contributed by atoms with van der Waals surface area (Å²) in [6.45, 7) is 3.64. The fourth-order valence-corrected chi connectivity index (χ4v) is 5.54. The topological polar surface area (TPSA) is 81.3 Å². The number of piperidine rings is 2. The van der Waals surface area contributed by atoms with Crippen LogP contribution in [0.15, 0.2) is 42.6 Å². The molecule has 2 aromatic heterocycles. The average molecular weight is 512 g/mol. The van der Waals surface area contributed by atoms with E-state index < -0.39 is 6.04 Å². The molecule has 7 nitrogen and oxygen atoms in total. The Bertz CT molecular complexity index is 1220. The van der Waals surface area contributed by atoms with Gasteiger partial charge in [-0.15, -0.1) is 0 Å². The fraction of sp³-hybridized carbons (Fsp3) is 0.444. The van der Waals surface area contributed by atoms with E-state index >= 15 is 0 Å². The Morgan fingerprint density at radius 1 is 1.08 bits per heavy atom. The third-order valence-electron chi connectivity index (χ3n) is 7.36. The van der Waals surface area contributed by atoms with Crippen molar-refractivity contribution in [1.29, 1.82) is 0 Å². The number of hydrogen-bond acceptors (Lipinski definition) is 4. The van der Waals surface area contributed by atoms with Crippen LogP contribution >= 0.6 is 11.6 Å². The number of fused-ring (bicyclic) bond motifs is 1. The third-order valence-corrected chi connectivity index (χ3v) is 7.56.